The number of hydrogen-bond donors (Lipinski definition) is 1. The average Bonchev–Trinajstić information content (AvgIpc) is 2.66. The number of benzene rings is 3. The maximum absolute atomic E-state index is 10.1. The predicted molar refractivity (Wildman–Crippen MR) is 99.2 cm³/mol. The summed E-state index contributed by atoms with van der Waals surface area (Å²) in [6.07, 6.45) is 2.56. The lowest BCUT2D eigenvalue weighted by atomic mass is 10.0. The number of phenols is 1. The zero-order valence-corrected chi connectivity index (χ0v) is 13.8. The molecule has 0 aromatic heterocycles. The SMILES string of the molecule is Oc1ccc2ccccc2c1C=NCCc1ccc2c(c1)OCCO2. The molecule has 3 aromatic rings. The summed E-state index contributed by atoms with van der Waals surface area (Å²) in [4.78, 5) is 4.50. The van der Waals surface area contributed by atoms with E-state index in [0.717, 1.165) is 39.8 Å². The first kappa shape index (κ1) is 15.5. The maximum Gasteiger partial charge on any atom is 0.161 e. The van der Waals surface area contributed by atoms with E-state index in [1.807, 2.05) is 48.5 Å². The topological polar surface area (TPSA) is 51.1 Å². The summed E-state index contributed by atoms with van der Waals surface area (Å²) < 4.78 is 11.1. The quantitative estimate of drug-likeness (QED) is 0.735. The van der Waals surface area contributed by atoms with Gasteiger partial charge in [-0.3, -0.25) is 4.99 Å². The van der Waals surface area contributed by atoms with Crippen LogP contribution in [0.5, 0.6) is 17.2 Å². The molecule has 1 aliphatic rings. The summed E-state index contributed by atoms with van der Waals surface area (Å²) >= 11 is 0. The Morgan fingerprint density at radius 1 is 0.960 bits per heavy atom. The molecule has 0 amide bonds. The van der Waals surface area contributed by atoms with Gasteiger partial charge in [0, 0.05) is 18.3 Å². The van der Waals surface area contributed by atoms with Crippen LogP contribution in [0.15, 0.2) is 59.6 Å². The van der Waals surface area contributed by atoms with Gasteiger partial charge in [-0.2, -0.15) is 0 Å². The first-order chi connectivity index (χ1) is 12.3. The van der Waals surface area contributed by atoms with Crippen molar-refractivity contribution < 1.29 is 14.6 Å². The Kier molecular flexibility index (Phi) is 4.25. The lowest BCUT2D eigenvalue weighted by Gasteiger charge is -2.18. The predicted octanol–water partition coefficient (Wildman–Crippen LogP) is 3.98. The van der Waals surface area contributed by atoms with Crippen LogP contribution in [0.3, 0.4) is 0 Å². The van der Waals surface area contributed by atoms with Gasteiger partial charge in [0.15, 0.2) is 11.5 Å². The third-order valence-corrected chi connectivity index (χ3v) is 4.30. The summed E-state index contributed by atoms with van der Waals surface area (Å²) in [7, 11) is 0. The van der Waals surface area contributed by atoms with Crippen molar-refractivity contribution in [3.05, 3.63) is 65.7 Å². The van der Waals surface area contributed by atoms with Crippen molar-refractivity contribution in [1.82, 2.24) is 0 Å². The third-order valence-electron chi connectivity index (χ3n) is 4.30. The van der Waals surface area contributed by atoms with Gasteiger partial charge in [0.05, 0.1) is 0 Å². The lowest BCUT2D eigenvalue weighted by Crippen LogP contribution is -2.15. The minimum atomic E-state index is 0.252. The summed E-state index contributed by atoms with van der Waals surface area (Å²) in [6.45, 7) is 1.84. The molecule has 0 bridgehead atoms. The van der Waals surface area contributed by atoms with Crippen LogP contribution < -0.4 is 9.47 Å². The fourth-order valence-corrected chi connectivity index (χ4v) is 3.01. The Bertz CT molecular complexity index is 934. The second kappa shape index (κ2) is 6.85. The van der Waals surface area contributed by atoms with Crippen molar-refractivity contribution in [2.75, 3.05) is 19.8 Å². The van der Waals surface area contributed by atoms with Gasteiger partial charge in [-0.1, -0.05) is 36.4 Å². The number of hydrogen-bond acceptors (Lipinski definition) is 4. The molecular formula is C21H19NO3. The summed E-state index contributed by atoms with van der Waals surface area (Å²) in [5.74, 6) is 1.86. The molecule has 1 N–H and O–H groups in total. The van der Waals surface area contributed by atoms with E-state index >= 15 is 0 Å². The maximum atomic E-state index is 10.1. The highest BCUT2D eigenvalue weighted by molar-refractivity contribution is 6.02. The highest BCUT2D eigenvalue weighted by Gasteiger charge is 2.11. The summed E-state index contributed by atoms with van der Waals surface area (Å²) in [5, 5.41) is 12.2. The summed E-state index contributed by atoms with van der Waals surface area (Å²) in [6, 6.07) is 17.6. The van der Waals surface area contributed by atoms with Gasteiger partial charge in [0.25, 0.3) is 0 Å². The molecular weight excluding hydrogens is 314 g/mol. The molecule has 0 unspecified atom stereocenters. The highest BCUT2D eigenvalue weighted by atomic mass is 16.6. The van der Waals surface area contributed by atoms with E-state index in [-0.39, 0.29) is 5.75 Å². The van der Waals surface area contributed by atoms with Crippen LogP contribution in [-0.4, -0.2) is 31.1 Å². The number of nitrogens with zero attached hydrogens (tertiary/aromatic N) is 1. The van der Waals surface area contributed by atoms with Gasteiger partial charge >= 0.3 is 0 Å². The molecule has 0 aliphatic carbocycles. The molecule has 25 heavy (non-hydrogen) atoms. The second-order valence-electron chi connectivity index (χ2n) is 5.98. The van der Waals surface area contributed by atoms with Crippen LogP contribution in [0, 0.1) is 0 Å². The van der Waals surface area contributed by atoms with Crippen molar-refractivity contribution in [3.8, 4) is 17.2 Å². The fraction of sp³-hybridized carbons (Fsp3) is 0.190. The normalized spacial score (nSPS) is 13.4. The molecule has 3 aromatic carbocycles. The van der Waals surface area contributed by atoms with Crippen LogP contribution >= 0.6 is 0 Å². The first-order valence-electron chi connectivity index (χ1n) is 8.40. The van der Waals surface area contributed by atoms with E-state index in [9.17, 15) is 5.11 Å². The molecule has 0 saturated carbocycles. The fourth-order valence-electron chi connectivity index (χ4n) is 3.01. The van der Waals surface area contributed by atoms with Crippen molar-refractivity contribution in [1.29, 1.82) is 0 Å². The van der Waals surface area contributed by atoms with Gasteiger partial charge in [-0.15, -0.1) is 0 Å². The molecule has 126 valence electrons. The van der Waals surface area contributed by atoms with Crippen molar-refractivity contribution in [2.45, 2.75) is 6.42 Å². The molecule has 4 rings (SSSR count). The van der Waals surface area contributed by atoms with E-state index in [1.54, 1.807) is 12.3 Å². The number of aromatic hydroxyl groups is 1. The third kappa shape index (κ3) is 3.29. The number of fused-ring (bicyclic) bond motifs is 2. The Morgan fingerprint density at radius 2 is 1.80 bits per heavy atom. The number of rotatable bonds is 4. The second-order valence-corrected chi connectivity index (χ2v) is 5.98. The van der Waals surface area contributed by atoms with E-state index < -0.39 is 0 Å². The molecule has 4 nitrogen and oxygen atoms in total. The number of phenolic OH excluding ortho intramolecular Hbond substituents is 1. The number of aliphatic imine (C=N–C) groups is 1. The molecule has 0 spiro atoms. The molecule has 0 fully saturated rings. The lowest BCUT2D eigenvalue weighted by molar-refractivity contribution is 0.171. The molecule has 4 heteroatoms. The van der Waals surface area contributed by atoms with E-state index in [1.165, 1.54) is 0 Å². The van der Waals surface area contributed by atoms with E-state index in [2.05, 4.69) is 4.99 Å². The van der Waals surface area contributed by atoms with Crippen molar-refractivity contribution >= 4 is 17.0 Å². The van der Waals surface area contributed by atoms with Gasteiger partial charge < -0.3 is 14.6 Å². The van der Waals surface area contributed by atoms with Crippen molar-refractivity contribution in [3.63, 3.8) is 0 Å². The Labute approximate surface area is 146 Å². The van der Waals surface area contributed by atoms with Crippen LogP contribution in [-0.2, 0) is 6.42 Å². The highest BCUT2D eigenvalue weighted by Crippen LogP contribution is 2.31. The molecule has 1 heterocycles. The van der Waals surface area contributed by atoms with Gasteiger partial charge in [-0.25, -0.2) is 0 Å². The minimum Gasteiger partial charge on any atom is -0.507 e. The molecule has 0 saturated heterocycles. The zero-order chi connectivity index (χ0) is 17.1. The summed E-state index contributed by atoms with van der Waals surface area (Å²) in [5.41, 5.74) is 1.92. The van der Waals surface area contributed by atoms with Crippen molar-refractivity contribution in [2.24, 2.45) is 4.99 Å². The Morgan fingerprint density at radius 3 is 2.72 bits per heavy atom. The Hall–Kier alpha value is -3.01. The van der Waals surface area contributed by atoms with E-state index in [4.69, 9.17) is 9.47 Å². The molecule has 0 atom stereocenters. The standard InChI is InChI=1S/C21H19NO3/c23-19-7-6-16-3-1-2-4-17(16)18(19)14-22-10-9-15-5-8-20-21(13-15)25-12-11-24-20/h1-8,13-14,23H,9-12H2. The zero-order valence-electron chi connectivity index (χ0n) is 13.8. The van der Waals surface area contributed by atoms with Crippen LogP contribution in [0.1, 0.15) is 11.1 Å². The van der Waals surface area contributed by atoms with Gasteiger partial charge in [0.2, 0.25) is 0 Å². The monoisotopic (exact) mass is 333 g/mol. The van der Waals surface area contributed by atoms with Crippen LogP contribution in [0.2, 0.25) is 0 Å². The van der Waals surface area contributed by atoms with Gasteiger partial charge in [-0.05, 0) is 41.0 Å². The molecule has 1 aliphatic heterocycles. The minimum absolute atomic E-state index is 0.252. The number of ether oxygens (including phenoxy) is 2. The largest absolute Gasteiger partial charge is 0.507 e. The van der Waals surface area contributed by atoms with Crippen LogP contribution in [0.25, 0.3) is 10.8 Å². The first-order valence-corrected chi connectivity index (χ1v) is 8.40. The van der Waals surface area contributed by atoms with Gasteiger partial charge in [0.1, 0.15) is 19.0 Å². The smallest absolute Gasteiger partial charge is 0.161 e. The molecule has 0 radical (unpaired) electrons. The van der Waals surface area contributed by atoms with Crippen LogP contribution in [0.4, 0.5) is 0 Å². The average molecular weight is 333 g/mol. The van der Waals surface area contributed by atoms with E-state index in [0.29, 0.717) is 19.8 Å². The Balaban J connectivity index is 1.48.